The van der Waals surface area contributed by atoms with Gasteiger partial charge in [0.15, 0.2) is 0 Å². The van der Waals surface area contributed by atoms with Crippen LogP contribution in [0.3, 0.4) is 0 Å². The zero-order valence-electron chi connectivity index (χ0n) is 9.14. The Morgan fingerprint density at radius 1 is 0.938 bits per heavy atom. The molecule has 0 radical (unpaired) electrons. The Bertz CT molecular complexity index is 524. The molecular weight excluding hydrogens is 194 g/mol. The van der Waals surface area contributed by atoms with Crippen molar-refractivity contribution >= 4 is 10.8 Å². The number of fused-ring (bicyclic) bond motifs is 1. The van der Waals surface area contributed by atoms with Crippen molar-refractivity contribution < 1.29 is 0 Å². The number of benzene rings is 2. The van der Waals surface area contributed by atoms with E-state index in [1.165, 1.54) is 22.5 Å². The molecule has 2 N–H and O–H groups in total. The maximum atomic E-state index is 5.25. The summed E-state index contributed by atoms with van der Waals surface area (Å²) in [4.78, 5) is 0. The average molecular weight is 209 g/mol. The quantitative estimate of drug-likeness (QED) is 0.770. The van der Waals surface area contributed by atoms with E-state index >= 15 is 0 Å². The first kappa shape index (κ1) is 10.5. The zero-order chi connectivity index (χ0) is 11.2. The van der Waals surface area contributed by atoms with Crippen LogP contribution in [0, 0.1) is 0 Å². The van der Waals surface area contributed by atoms with Crippen molar-refractivity contribution in [3.8, 4) is 0 Å². The molecule has 0 aliphatic carbocycles. The predicted octanol–water partition coefficient (Wildman–Crippen LogP) is 3.41. The van der Waals surface area contributed by atoms with E-state index in [-0.39, 0.29) is 0 Å². The molecule has 80 valence electrons. The molecule has 0 heterocycles. The van der Waals surface area contributed by atoms with E-state index in [4.69, 9.17) is 5.73 Å². The minimum Gasteiger partial charge on any atom is -0.405 e. The molecule has 1 heteroatoms. The lowest BCUT2D eigenvalue weighted by Gasteiger charge is -2.00. The minimum absolute atomic E-state index is 0.940. The summed E-state index contributed by atoms with van der Waals surface area (Å²) in [5.74, 6) is 0. The SMILES string of the molecule is N/C=C\C=C/Cc1ccc2ccccc2c1. The van der Waals surface area contributed by atoms with Gasteiger partial charge in [-0.25, -0.2) is 0 Å². The highest BCUT2D eigenvalue weighted by molar-refractivity contribution is 5.83. The third-order valence-corrected chi connectivity index (χ3v) is 2.53. The normalized spacial score (nSPS) is 11.8. The van der Waals surface area contributed by atoms with Crippen molar-refractivity contribution in [1.29, 1.82) is 0 Å². The summed E-state index contributed by atoms with van der Waals surface area (Å²) >= 11 is 0. The minimum atomic E-state index is 0.940. The van der Waals surface area contributed by atoms with E-state index in [1.807, 2.05) is 12.2 Å². The number of hydrogen-bond donors (Lipinski definition) is 1. The Labute approximate surface area is 95.9 Å². The fraction of sp³-hybridized carbons (Fsp3) is 0.0667. The average Bonchev–Trinajstić information content (AvgIpc) is 2.34. The number of hydrogen-bond acceptors (Lipinski definition) is 1. The van der Waals surface area contributed by atoms with Gasteiger partial charge in [-0.2, -0.15) is 0 Å². The topological polar surface area (TPSA) is 26.0 Å². The first-order chi connectivity index (χ1) is 7.90. The lowest BCUT2D eigenvalue weighted by molar-refractivity contribution is 1.28. The first-order valence-electron chi connectivity index (χ1n) is 5.41. The van der Waals surface area contributed by atoms with Crippen molar-refractivity contribution in [3.63, 3.8) is 0 Å². The fourth-order valence-corrected chi connectivity index (χ4v) is 1.71. The van der Waals surface area contributed by atoms with Gasteiger partial charge in [0.05, 0.1) is 0 Å². The van der Waals surface area contributed by atoms with Gasteiger partial charge in [-0.05, 0) is 35.0 Å². The molecule has 0 atom stereocenters. The first-order valence-corrected chi connectivity index (χ1v) is 5.41. The van der Waals surface area contributed by atoms with E-state index in [9.17, 15) is 0 Å². The highest BCUT2D eigenvalue weighted by Crippen LogP contribution is 2.15. The highest BCUT2D eigenvalue weighted by atomic mass is 14.5. The molecule has 0 amide bonds. The van der Waals surface area contributed by atoms with Crippen LogP contribution in [-0.4, -0.2) is 0 Å². The van der Waals surface area contributed by atoms with Crippen LogP contribution >= 0.6 is 0 Å². The lowest BCUT2D eigenvalue weighted by atomic mass is 10.1. The van der Waals surface area contributed by atoms with E-state index in [1.54, 1.807) is 0 Å². The van der Waals surface area contributed by atoms with Crippen LogP contribution in [0.25, 0.3) is 10.8 Å². The maximum absolute atomic E-state index is 5.25. The molecule has 0 aliphatic rings. The van der Waals surface area contributed by atoms with E-state index < -0.39 is 0 Å². The summed E-state index contributed by atoms with van der Waals surface area (Å²) in [7, 11) is 0. The van der Waals surface area contributed by atoms with E-state index in [0.717, 1.165) is 6.42 Å². The summed E-state index contributed by atoms with van der Waals surface area (Å²) in [6.07, 6.45) is 8.38. The molecule has 2 rings (SSSR count). The van der Waals surface area contributed by atoms with Crippen molar-refractivity contribution in [2.45, 2.75) is 6.42 Å². The van der Waals surface area contributed by atoms with Gasteiger partial charge in [0.25, 0.3) is 0 Å². The van der Waals surface area contributed by atoms with Crippen LogP contribution in [0.2, 0.25) is 0 Å². The molecule has 0 aliphatic heterocycles. The molecule has 16 heavy (non-hydrogen) atoms. The Balaban J connectivity index is 2.19. The molecule has 0 fully saturated rings. The summed E-state index contributed by atoms with van der Waals surface area (Å²) in [5, 5.41) is 2.58. The predicted molar refractivity (Wildman–Crippen MR) is 70.1 cm³/mol. The van der Waals surface area contributed by atoms with E-state index in [0.29, 0.717) is 0 Å². The lowest BCUT2D eigenvalue weighted by Crippen LogP contribution is -1.81. The second-order valence-electron chi connectivity index (χ2n) is 3.70. The van der Waals surface area contributed by atoms with Crippen molar-refractivity contribution in [1.82, 2.24) is 0 Å². The zero-order valence-corrected chi connectivity index (χ0v) is 9.14. The second kappa shape index (κ2) is 5.17. The van der Waals surface area contributed by atoms with Gasteiger partial charge >= 0.3 is 0 Å². The number of allylic oxidation sites excluding steroid dienone is 3. The molecule has 0 saturated heterocycles. The molecular formula is C15H15N. The summed E-state index contributed by atoms with van der Waals surface area (Å²) in [6, 6.07) is 15.0. The van der Waals surface area contributed by atoms with Gasteiger partial charge < -0.3 is 5.73 Å². The Morgan fingerprint density at radius 2 is 1.75 bits per heavy atom. The van der Waals surface area contributed by atoms with Gasteiger partial charge in [0.2, 0.25) is 0 Å². The van der Waals surface area contributed by atoms with Crippen LogP contribution in [-0.2, 0) is 6.42 Å². The molecule has 2 aromatic carbocycles. The van der Waals surface area contributed by atoms with Gasteiger partial charge in [-0.3, -0.25) is 0 Å². The Morgan fingerprint density at radius 3 is 2.56 bits per heavy atom. The smallest absolute Gasteiger partial charge is 0.00625 e. The standard InChI is InChI=1S/C15H15N/c16-11-5-1-2-6-13-9-10-14-7-3-4-8-15(14)12-13/h1-5,7-12H,6,16H2/b2-1-,11-5-. The van der Waals surface area contributed by atoms with Crippen molar-refractivity contribution in [2.24, 2.45) is 5.73 Å². The third kappa shape index (κ3) is 2.51. The highest BCUT2D eigenvalue weighted by Gasteiger charge is 1.93. The van der Waals surface area contributed by atoms with Crippen LogP contribution in [0.4, 0.5) is 0 Å². The fourth-order valence-electron chi connectivity index (χ4n) is 1.71. The number of rotatable bonds is 3. The van der Waals surface area contributed by atoms with Crippen LogP contribution < -0.4 is 5.73 Å². The van der Waals surface area contributed by atoms with Gasteiger partial charge in [0, 0.05) is 0 Å². The molecule has 0 aromatic heterocycles. The second-order valence-corrected chi connectivity index (χ2v) is 3.70. The maximum Gasteiger partial charge on any atom is -0.00625 e. The van der Waals surface area contributed by atoms with Crippen molar-refractivity contribution in [2.75, 3.05) is 0 Å². The molecule has 0 saturated carbocycles. The van der Waals surface area contributed by atoms with Gasteiger partial charge in [-0.1, -0.05) is 54.6 Å². The van der Waals surface area contributed by atoms with Crippen LogP contribution in [0.15, 0.2) is 66.9 Å². The van der Waals surface area contributed by atoms with Crippen LogP contribution in [0.5, 0.6) is 0 Å². The van der Waals surface area contributed by atoms with Gasteiger partial charge in [-0.15, -0.1) is 0 Å². The molecule has 0 spiro atoms. The summed E-state index contributed by atoms with van der Waals surface area (Å²) in [5.41, 5.74) is 6.57. The largest absolute Gasteiger partial charge is 0.405 e. The summed E-state index contributed by atoms with van der Waals surface area (Å²) < 4.78 is 0. The molecule has 1 nitrogen and oxygen atoms in total. The van der Waals surface area contributed by atoms with Crippen molar-refractivity contribution in [3.05, 3.63) is 72.5 Å². The van der Waals surface area contributed by atoms with E-state index in [2.05, 4.69) is 48.5 Å². The summed E-state index contributed by atoms with van der Waals surface area (Å²) in [6.45, 7) is 0. The Kier molecular flexibility index (Phi) is 3.39. The molecule has 2 aromatic rings. The third-order valence-electron chi connectivity index (χ3n) is 2.53. The molecule has 0 unspecified atom stereocenters. The van der Waals surface area contributed by atoms with Gasteiger partial charge in [0.1, 0.15) is 0 Å². The molecule has 0 bridgehead atoms. The Hall–Kier alpha value is -2.02. The van der Waals surface area contributed by atoms with Crippen LogP contribution in [0.1, 0.15) is 5.56 Å². The number of nitrogens with two attached hydrogens (primary N) is 1. The monoisotopic (exact) mass is 209 g/mol.